The standard InChI is InChI=1S/C14H24O5/c1-4-7-17-12(10-15)14(19-9-6-3)13(11-16)18-8-5-2/h4-6,12-16H,1-3,7-11H2/t12-,13-/m0/s1. The Labute approximate surface area is 114 Å². The first-order valence-corrected chi connectivity index (χ1v) is 6.14. The van der Waals surface area contributed by atoms with Crippen LogP contribution in [0.1, 0.15) is 0 Å². The van der Waals surface area contributed by atoms with Gasteiger partial charge < -0.3 is 24.4 Å². The van der Waals surface area contributed by atoms with E-state index in [9.17, 15) is 10.2 Å². The molecule has 2 N–H and O–H groups in total. The lowest BCUT2D eigenvalue weighted by atomic mass is 10.1. The van der Waals surface area contributed by atoms with Crippen LogP contribution in [0.5, 0.6) is 0 Å². The van der Waals surface area contributed by atoms with Crippen molar-refractivity contribution in [2.45, 2.75) is 18.3 Å². The highest BCUT2D eigenvalue weighted by atomic mass is 16.6. The van der Waals surface area contributed by atoms with E-state index in [1.807, 2.05) is 0 Å². The number of hydrogen-bond acceptors (Lipinski definition) is 5. The molecule has 2 atom stereocenters. The Morgan fingerprint density at radius 3 is 1.42 bits per heavy atom. The lowest BCUT2D eigenvalue weighted by Crippen LogP contribution is -2.46. The highest BCUT2D eigenvalue weighted by molar-refractivity contribution is 4.83. The van der Waals surface area contributed by atoms with Gasteiger partial charge in [0.25, 0.3) is 0 Å². The molecule has 19 heavy (non-hydrogen) atoms. The first-order valence-electron chi connectivity index (χ1n) is 6.14. The SMILES string of the molecule is C=CCOC([C@H](CO)OCC=C)[C@H](CO)OCC=C. The third kappa shape index (κ3) is 7.25. The Balaban J connectivity index is 4.72. The van der Waals surface area contributed by atoms with Crippen molar-refractivity contribution in [1.82, 2.24) is 0 Å². The summed E-state index contributed by atoms with van der Waals surface area (Å²) in [5.74, 6) is 0. The fourth-order valence-corrected chi connectivity index (χ4v) is 1.52. The van der Waals surface area contributed by atoms with Crippen molar-refractivity contribution in [2.75, 3.05) is 33.0 Å². The number of rotatable bonds is 13. The van der Waals surface area contributed by atoms with Crippen LogP contribution in [0.25, 0.3) is 0 Å². The summed E-state index contributed by atoms with van der Waals surface area (Å²) in [4.78, 5) is 0. The Bertz CT molecular complexity index is 234. The molecule has 0 amide bonds. The monoisotopic (exact) mass is 272 g/mol. The van der Waals surface area contributed by atoms with Crippen LogP contribution in [0.3, 0.4) is 0 Å². The minimum Gasteiger partial charge on any atom is -0.394 e. The summed E-state index contributed by atoms with van der Waals surface area (Å²) < 4.78 is 16.4. The van der Waals surface area contributed by atoms with Crippen LogP contribution in [0.2, 0.25) is 0 Å². The van der Waals surface area contributed by atoms with Crippen LogP contribution < -0.4 is 0 Å². The highest BCUT2D eigenvalue weighted by Gasteiger charge is 2.31. The molecule has 0 aliphatic rings. The Morgan fingerprint density at radius 1 is 0.737 bits per heavy atom. The zero-order valence-corrected chi connectivity index (χ0v) is 11.2. The molecular weight excluding hydrogens is 248 g/mol. The topological polar surface area (TPSA) is 68.2 Å². The van der Waals surface area contributed by atoms with Crippen molar-refractivity contribution in [2.24, 2.45) is 0 Å². The summed E-state index contributed by atoms with van der Waals surface area (Å²) in [7, 11) is 0. The number of hydrogen-bond donors (Lipinski definition) is 2. The average molecular weight is 272 g/mol. The lowest BCUT2D eigenvalue weighted by Gasteiger charge is -2.31. The minimum absolute atomic E-state index is 0.246. The summed E-state index contributed by atoms with van der Waals surface area (Å²) in [5, 5.41) is 18.7. The van der Waals surface area contributed by atoms with Crippen molar-refractivity contribution in [1.29, 1.82) is 0 Å². The van der Waals surface area contributed by atoms with E-state index in [2.05, 4.69) is 19.7 Å². The maximum atomic E-state index is 9.37. The molecule has 5 nitrogen and oxygen atoms in total. The molecule has 0 aromatic heterocycles. The van der Waals surface area contributed by atoms with Gasteiger partial charge in [0.2, 0.25) is 0 Å². The largest absolute Gasteiger partial charge is 0.394 e. The Hall–Kier alpha value is -0.980. The van der Waals surface area contributed by atoms with Crippen molar-refractivity contribution in [3.8, 4) is 0 Å². The molecule has 0 aliphatic carbocycles. The van der Waals surface area contributed by atoms with E-state index < -0.39 is 18.3 Å². The molecule has 0 bridgehead atoms. The van der Waals surface area contributed by atoms with E-state index in [-0.39, 0.29) is 33.0 Å². The summed E-state index contributed by atoms with van der Waals surface area (Å²) in [5.41, 5.74) is 0. The van der Waals surface area contributed by atoms with Crippen molar-refractivity contribution >= 4 is 0 Å². The van der Waals surface area contributed by atoms with Gasteiger partial charge in [0, 0.05) is 0 Å². The van der Waals surface area contributed by atoms with Crippen molar-refractivity contribution in [3.63, 3.8) is 0 Å². The Kier molecular flexibility index (Phi) is 11.5. The predicted molar refractivity (Wildman–Crippen MR) is 74.0 cm³/mol. The number of ether oxygens (including phenoxy) is 3. The van der Waals surface area contributed by atoms with Crippen LogP contribution in [0.15, 0.2) is 38.0 Å². The average Bonchev–Trinajstić information content (AvgIpc) is 2.44. The van der Waals surface area contributed by atoms with Gasteiger partial charge >= 0.3 is 0 Å². The first kappa shape index (κ1) is 18.0. The fourth-order valence-electron chi connectivity index (χ4n) is 1.52. The maximum Gasteiger partial charge on any atom is 0.115 e. The highest BCUT2D eigenvalue weighted by Crippen LogP contribution is 2.13. The number of aliphatic hydroxyl groups is 2. The second-order valence-corrected chi connectivity index (χ2v) is 3.77. The van der Waals surface area contributed by atoms with Crippen LogP contribution in [-0.4, -0.2) is 61.6 Å². The molecule has 5 heteroatoms. The number of aliphatic hydroxyl groups excluding tert-OH is 2. The van der Waals surface area contributed by atoms with E-state index in [1.165, 1.54) is 0 Å². The van der Waals surface area contributed by atoms with Gasteiger partial charge in [-0.3, -0.25) is 0 Å². The van der Waals surface area contributed by atoms with Crippen LogP contribution >= 0.6 is 0 Å². The van der Waals surface area contributed by atoms with Gasteiger partial charge in [-0.05, 0) is 0 Å². The molecule has 0 saturated carbocycles. The molecule has 0 radical (unpaired) electrons. The second-order valence-electron chi connectivity index (χ2n) is 3.77. The lowest BCUT2D eigenvalue weighted by molar-refractivity contribution is -0.148. The van der Waals surface area contributed by atoms with Crippen LogP contribution in [-0.2, 0) is 14.2 Å². The molecule has 0 aliphatic heterocycles. The molecule has 0 rings (SSSR count). The van der Waals surface area contributed by atoms with Gasteiger partial charge in [-0.15, -0.1) is 19.7 Å². The van der Waals surface area contributed by atoms with Crippen LogP contribution in [0, 0.1) is 0 Å². The Morgan fingerprint density at radius 2 is 1.11 bits per heavy atom. The van der Waals surface area contributed by atoms with Crippen LogP contribution in [0.4, 0.5) is 0 Å². The van der Waals surface area contributed by atoms with Gasteiger partial charge in [0.15, 0.2) is 0 Å². The van der Waals surface area contributed by atoms with E-state index in [4.69, 9.17) is 14.2 Å². The zero-order chi connectivity index (χ0) is 14.5. The molecule has 0 aromatic carbocycles. The normalized spacial score (nSPS) is 14.1. The van der Waals surface area contributed by atoms with Gasteiger partial charge in [-0.25, -0.2) is 0 Å². The van der Waals surface area contributed by atoms with Crippen molar-refractivity contribution < 1.29 is 24.4 Å². The third-order valence-corrected chi connectivity index (χ3v) is 2.36. The van der Waals surface area contributed by atoms with E-state index in [0.29, 0.717) is 0 Å². The molecular formula is C14H24O5. The predicted octanol–water partition coefficient (Wildman–Crippen LogP) is 0.685. The van der Waals surface area contributed by atoms with E-state index in [0.717, 1.165) is 0 Å². The van der Waals surface area contributed by atoms with Gasteiger partial charge in [0.1, 0.15) is 18.3 Å². The molecule has 0 spiro atoms. The maximum absolute atomic E-state index is 9.37. The van der Waals surface area contributed by atoms with Gasteiger partial charge in [0.05, 0.1) is 33.0 Å². The van der Waals surface area contributed by atoms with Crippen molar-refractivity contribution in [3.05, 3.63) is 38.0 Å². The summed E-state index contributed by atoms with van der Waals surface area (Å²) >= 11 is 0. The molecule has 0 heterocycles. The van der Waals surface area contributed by atoms with Gasteiger partial charge in [-0.2, -0.15) is 0 Å². The summed E-state index contributed by atoms with van der Waals surface area (Å²) in [6, 6.07) is 0. The molecule has 0 unspecified atom stereocenters. The molecule has 0 saturated heterocycles. The first-order chi connectivity index (χ1) is 9.24. The van der Waals surface area contributed by atoms with E-state index >= 15 is 0 Å². The van der Waals surface area contributed by atoms with E-state index in [1.54, 1.807) is 18.2 Å². The smallest absolute Gasteiger partial charge is 0.115 e. The molecule has 0 fully saturated rings. The minimum atomic E-state index is -0.611. The zero-order valence-electron chi connectivity index (χ0n) is 11.2. The summed E-state index contributed by atoms with van der Waals surface area (Å²) in [6.45, 7) is 11.0. The molecule has 110 valence electrons. The van der Waals surface area contributed by atoms with Gasteiger partial charge in [-0.1, -0.05) is 18.2 Å². The summed E-state index contributed by atoms with van der Waals surface area (Å²) in [6.07, 6.45) is 2.90. The fraction of sp³-hybridized carbons (Fsp3) is 0.571. The molecule has 0 aromatic rings. The quantitative estimate of drug-likeness (QED) is 0.483. The third-order valence-electron chi connectivity index (χ3n) is 2.36. The second kappa shape index (κ2) is 12.1.